The van der Waals surface area contributed by atoms with Crippen LogP contribution in [-0.4, -0.2) is 21.3 Å². The van der Waals surface area contributed by atoms with Gasteiger partial charge in [0.15, 0.2) is 0 Å². The summed E-state index contributed by atoms with van der Waals surface area (Å²) in [6.07, 6.45) is 1.68. The molecule has 1 heterocycles. The molecule has 0 aliphatic rings. The van der Waals surface area contributed by atoms with E-state index in [-0.39, 0.29) is 0 Å². The summed E-state index contributed by atoms with van der Waals surface area (Å²) < 4.78 is 0. The molecule has 1 aromatic heterocycles. The zero-order chi connectivity index (χ0) is 12.3. The lowest BCUT2D eigenvalue weighted by molar-refractivity contribution is 0.0132. The Bertz CT molecular complexity index is 498. The van der Waals surface area contributed by atoms with Gasteiger partial charge in [0.1, 0.15) is 6.10 Å². The minimum Gasteiger partial charge on any atom is -0.390 e. The number of pyridine rings is 1. The van der Waals surface area contributed by atoms with Crippen LogP contribution in [0.2, 0.25) is 0 Å². The molecule has 0 radical (unpaired) electrons. The van der Waals surface area contributed by atoms with E-state index >= 15 is 0 Å². The molecule has 1 aromatic carbocycles. The van der Waals surface area contributed by atoms with Crippen LogP contribution < -0.4 is 0 Å². The highest BCUT2D eigenvalue weighted by atomic mass is 16.3. The number of nitrogens with zero attached hydrogens (tertiary/aromatic N) is 1. The molecule has 90 valence electrons. The molecule has 0 fully saturated rings. The third-order valence-electron chi connectivity index (χ3n) is 2.92. The van der Waals surface area contributed by atoms with Crippen molar-refractivity contribution in [2.24, 2.45) is 0 Å². The van der Waals surface area contributed by atoms with Crippen LogP contribution in [0.4, 0.5) is 0 Å². The predicted octanol–water partition coefficient (Wildman–Crippen LogP) is 2.43. The van der Waals surface area contributed by atoms with E-state index < -0.39 is 12.2 Å². The first kappa shape index (κ1) is 12.0. The quantitative estimate of drug-likeness (QED) is 0.849. The molecule has 17 heavy (non-hydrogen) atoms. The minimum absolute atomic E-state index is 0.603. The molecule has 0 saturated heterocycles. The highest BCUT2D eigenvalue weighted by Gasteiger charge is 2.17. The molecule has 3 nitrogen and oxygen atoms in total. The van der Waals surface area contributed by atoms with Gasteiger partial charge in [-0.15, -0.1) is 0 Å². The molecule has 0 aliphatic heterocycles. The minimum atomic E-state index is -0.820. The number of fused-ring (bicyclic) bond motifs is 1. The zero-order valence-corrected chi connectivity index (χ0v) is 9.87. The summed E-state index contributed by atoms with van der Waals surface area (Å²) in [6, 6.07) is 9.38. The van der Waals surface area contributed by atoms with Gasteiger partial charge < -0.3 is 10.2 Å². The summed E-state index contributed by atoms with van der Waals surface area (Å²) in [7, 11) is 0. The van der Waals surface area contributed by atoms with Crippen molar-refractivity contribution in [3.8, 4) is 0 Å². The number of benzene rings is 1. The topological polar surface area (TPSA) is 53.4 Å². The van der Waals surface area contributed by atoms with E-state index in [4.69, 9.17) is 0 Å². The lowest BCUT2D eigenvalue weighted by Crippen LogP contribution is -2.17. The fourth-order valence-electron chi connectivity index (χ4n) is 1.95. The third kappa shape index (κ3) is 2.62. The lowest BCUT2D eigenvalue weighted by atomic mass is 9.99. The van der Waals surface area contributed by atoms with Gasteiger partial charge in [0.25, 0.3) is 0 Å². The second-order valence-corrected chi connectivity index (χ2v) is 4.26. The SMILES string of the molecule is CCCC(O)C(O)c1ccc2ncccc2c1. The molecule has 2 aromatic rings. The van der Waals surface area contributed by atoms with Crippen LogP contribution in [0.15, 0.2) is 36.5 Å². The highest BCUT2D eigenvalue weighted by Crippen LogP contribution is 2.23. The van der Waals surface area contributed by atoms with Crippen LogP contribution in [0.1, 0.15) is 31.4 Å². The summed E-state index contributed by atoms with van der Waals surface area (Å²) >= 11 is 0. The van der Waals surface area contributed by atoms with Crippen LogP contribution in [0, 0.1) is 0 Å². The number of rotatable bonds is 4. The molecule has 3 heteroatoms. The van der Waals surface area contributed by atoms with Gasteiger partial charge in [-0.1, -0.05) is 25.5 Å². The average molecular weight is 231 g/mol. The first-order valence-electron chi connectivity index (χ1n) is 5.93. The van der Waals surface area contributed by atoms with Crippen molar-refractivity contribution in [3.05, 3.63) is 42.1 Å². The molecule has 2 rings (SSSR count). The Morgan fingerprint density at radius 3 is 2.82 bits per heavy atom. The van der Waals surface area contributed by atoms with Crippen molar-refractivity contribution in [3.63, 3.8) is 0 Å². The van der Waals surface area contributed by atoms with E-state index in [0.717, 1.165) is 22.9 Å². The van der Waals surface area contributed by atoms with Crippen LogP contribution in [0.5, 0.6) is 0 Å². The molecule has 0 aliphatic carbocycles. The molecular formula is C14H17NO2. The molecule has 0 spiro atoms. The highest BCUT2D eigenvalue weighted by molar-refractivity contribution is 5.79. The Kier molecular flexibility index (Phi) is 3.71. The average Bonchev–Trinajstić information content (AvgIpc) is 2.37. The number of hydrogen-bond acceptors (Lipinski definition) is 3. The summed E-state index contributed by atoms with van der Waals surface area (Å²) in [6.45, 7) is 1.99. The first-order chi connectivity index (χ1) is 8.22. The van der Waals surface area contributed by atoms with Gasteiger partial charge in [-0.3, -0.25) is 4.98 Å². The predicted molar refractivity (Wildman–Crippen MR) is 67.6 cm³/mol. The second kappa shape index (κ2) is 5.25. The zero-order valence-electron chi connectivity index (χ0n) is 9.87. The van der Waals surface area contributed by atoms with Gasteiger partial charge in [0, 0.05) is 11.6 Å². The molecule has 2 unspecified atom stereocenters. The fourth-order valence-corrected chi connectivity index (χ4v) is 1.95. The van der Waals surface area contributed by atoms with Crippen LogP contribution in [-0.2, 0) is 0 Å². The monoisotopic (exact) mass is 231 g/mol. The maximum Gasteiger partial charge on any atom is 0.105 e. The number of hydrogen-bond donors (Lipinski definition) is 2. The Labute approximate surface area is 101 Å². The Morgan fingerprint density at radius 1 is 1.24 bits per heavy atom. The smallest absolute Gasteiger partial charge is 0.105 e. The number of aromatic nitrogens is 1. The maximum atomic E-state index is 10.0. The van der Waals surface area contributed by atoms with Crippen molar-refractivity contribution < 1.29 is 10.2 Å². The molecule has 2 atom stereocenters. The van der Waals surface area contributed by atoms with Crippen molar-refractivity contribution in [2.75, 3.05) is 0 Å². The van der Waals surface area contributed by atoms with Crippen molar-refractivity contribution in [1.82, 2.24) is 4.98 Å². The van der Waals surface area contributed by atoms with Gasteiger partial charge in [-0.05, 0) is 30.2 Å². The van der Waals surface area contributed by atoms with E-state index in [2.05, 4.69) is 4.98 Å². The van der Waals surface area contributed by atoms with Gasteiger partial charge >= 0.3 is 0 Å². The molecular weight excluding hydrogens is 214 g/mol. The van der Waals surface area contributed by atoms with Gasteiger partial charge in [0.05, 0.1) is 11.6 Å². The maximum absolute atomic E-state index is 10.0. The first-order valence-corrected chi connectivity index (χ1v) is 5.93. The summed E-state index contributed by atoms with van der Waals surface area (Å²) in [5.74, 6) is 0. The van der Waals surface area contributed by atoms with E-state index in [9.17, 15) is 10.2 Å². The second-order valence-electron chi connectivity index (χ2n) is 4.26. The number of aliphatic hydroxyl groups excluding tert-OH is 2. The van der Waals surface area contributed by atoms with Gasteiger partial charge in [0.2, 0.25) is 0 Å². The van der Waals surface area contributed by atoms with E-state index in [1.807, 2.05) is 37.3 Å². The van der Waals surface area contributed by atoms with Gasteiger partial charge in [-0.25, -0.2) is 0 Å². The van der Waals surface area contributed by atoms with Crippen LogP contribution in [0.3, 0.4) is 0 Å². The van der Waals surface area contributed by atoms with E-state index in [1.165, 1.54) is 0 Å². The van der Waals surface area contributed by atoms with Gasteiger partial charge in [-0.2, -0.15) is 0 Å². The Morgan fingerprint density at radius 2 is 2.06 bits per heavy atom. The van der Waals surface area contributed by atoms with Crippen molar-refractivity contribution in [2.45, 2.75) is 32.0 Å². The van der Waals surface area contributed by atoms with E-state index in [0.29, 0.717) is 6.42 Å². The Hall–Kier alpha value is -1.45. The largest absolute Gasteiger partial charge is 0.390 e. The van der Waals surface area contributed by atoms with Crippen LogP contribution in [0.25, 0.3) is 10.9 Å². The molecule has 0 saturated carbocycles. The van der Waals surface area contributed by atoms with E-state index in [1.54, 1.807) is 6.20 Å². The molecule has 0 bridgehead atoms. The third-order valence-corrected chi connectivity index (χ3v) is 2.92. The van der Waals surface area contributed by atoms with Crippen LogP contribution >= 0.6 is 0 Å². The van der Waals surface area contributed by atoms with Crippen molar-refractivity contribution in [1.29, 1.82) is 0 Å². The van der Waals surface area contributed by atoms with Crippen molar-refractivity contribution >= 4 is 10.9 Å². The number of aliphatic hydroxyl groups is 2. The standard InChI is InChI=1S/C14H17NO2/c1-2-4-13(16)14(17)11-6-7-12-10(9-11)5-3-8-15-12/h3,5-9,13-14,16-17H,2,4H2,1H3. The Balaban J connectivity index is 2.29. The normalized spacial score (nSPS) is 14.8. The molecule has 2 N–H and O–H groups in total. The lowest BCUT2D eigenvalue weighted by Gasteiger charge is -2.17. The molecule has 0 amide bonds. The summed E-state index contributed by atoms with van der Waals surface area (Å²) in [4.78, 5) is 4.22. The summed E-state index contributed by atoms with van der Waals surface area (Å²) in [5.41, 5.74) is 1.64. The summed E-state index contributed by atoms with van der Waals surface area (Å²) in [5, 5.41) is 20.8. The fraction of sp³-hybridized carbons (Fsp3) is 0.357.